The lowest BCUT2D eigenvalue weighted by Gasteiger charge is -2.11. The van der Waals surface area contributed by atoms with Crippen molar-refractivity contribution in [3.05, 3.63) is 72.2 Å². The van der Waals surface area contributed by atoms with Gasteiger partial charge in [0.25, 0.3) is 10.0 Å². The molecule has 0 bridgehead atoms. The standard InChI is InChI=1S/C23H23N5O4S/c1-4-31-21-8-6-5-7-19(21)20-13-22(25-14-24-20)26-17-9-11-18(12-10-17)33(29,30)28-23-15(2)16(3)27-32-23/h5-14,28H,4H2,1-3H3,(H,24,25,26). The van der Waals surface area contributed by atoms with Crippen molar-refractivity contribution in [1.29, 1.82) is 0 Å². The van der Waals surface area contributed by atoms with Crippen LogP contribution in [0, 0.1) is 13.8 Å². The highest BCUT2D eigenvalue weighted by Crippen LogP contribution is 2.30. The van der Waals surface area contributed by atoms with E-state index in [1.54, 1.807) is 32.0 Å². The number of ether oxygens (including phenoxy) is 1. The van der Waals surface area contributed by atoms with Gasteiger partial charge in [0, 0.05) is 22.9 Å². The summed E-state index contributed by atoms with van der Waals surface area (Å²) in [6.45, 7) is 5.95. The van der Waals surface area contributed by atoms with E-state index in [-0.39, 0.29) is 10.8 Å². The Kier molecular flexibility index (Phi) is 6.27. The van der Waals surface area contributed by atoms with E-state index in [1.807, 2.05) is 31.2 Å². The van der Waals surface area contributed by atoms with E-state index < -0.39 is 10.0 Å². The van der Waals surface area contributed by atoms with Crippen LogP contribution in [0.15, 0.2) is 70.3 Å². The molecule has 4 rings (SSSR count). The Hall–Kier alpha value is -3.92. The van der Waals surface area contributed by atoms with E-state index in [0.29, 0.717) is 35.1 Å². The van der Waals surface area contributed by atoms with Crippen LogP contribution in [0.5, 0.6) is 5.75 Å². The molecule has 0 spiro atoms. The third-order valence-corrected chi connectivity index (χ3v) is 6.30. The number of aryl methyl sites for hydroxylation is 1. The van der Waals surface area contributed by atoms with Crippen molar-refractivity contribution >= 4 is 27.4 Å². The molecule has 2 aromatic heterocycles. The molecule has 0 aliphatic rings. The second-order valence-electron chi connectivity index (χ2n) is 7.19. The SMILES string of the molecule is CCOc1ccccc1-c1cc(Nc2ccc(S(=O)(=O)Nc3onc(C)c3C)cc2)ncn1. The van der Waals surface area contributed by atoms with Crippen LogP contribution in [0.25, 0.3) is 11.3 Å². The molecule has 0 saturated heterocycles. The molecular weight excluding hydrogens is 442 g/mol. The average Bonchev–Trinajstić information content (AvgIpc) is 3.12. The van der Waals surface area contributed by atoms with E-state index >= 15 is 0 Å². The highest BCUT2D eigenvalue weighted by atomic mass is 32.2. The maximum Gasteiger partial charge on any atom is 0.264 e. The van der Waals surface area contributed by atoms with E-state index in [4.69, 9.17) is 9.26 Å². The highest BCUT2D eigenvalue weighted by molar-refractivity contribution is 7.92. The molecule has 0 fully saturated rings. The predicted molar refractivity (Wildman–Crippen MR) is 125 cm³/mol. The Bertz CT molecular complexity index is 1370. The van der Waals surface area contributed by atoms with E-state index in [9.17, 15) is 8.42 Å². The summed E-state index contributed by atoms with van der Waals surface area (Å²) in [5, 5.41) is 6.94. The van der Waals surface area contributed by atoms with Crippen LogP contribution in [0.3, 0.4) is 0 Å². The van der Waals surface area contributed by atoms with Crippen LogP contribution < -0.4 is 14.8 Å². The second kappa shape index (κ2) is 9.29. The molecule has 0 aliphatic heterocycles. The molecule has 0 atom stereocenters. The summed E-state index contributed by atoms with van der Waals surface area (Å²) in [6.07, 6.45) is 1.46. The predicted octanol–water partition coefficient (Wildman–Crippen LogP) is 4.69. The van der Waals surface area contributed by atoms with Gasteiger partial charge >= 0.3 is 0 Å². The third kappa shape index (κ3) is 4.96. The van der Waals surface area contributed by atoms with Gasteiger partial charge in [0.05, 0.1) is 22.9 Å². The molecule has 0 aliphatic carbocycles. The molecule has 0 unspecified atom stereocenters. The Balaban J connectivity index is 1.52. The summed E-state index contributed by atoms with van der Waals surface area (Å²) in [5.74, 6) is 1.41. The van der Waals surface area contributed by atoms with E-state index in [2.05, 4.69) is 25.2 Å². The topological polar surface area (TPSA) is 119 Å². The van der Waals surface area contributed by atoms with E-state index in [0.717, 1.165) is 11.3 Å². The molecule has 0 saturated carbocycles. The number of para-hydroxylation sites is 1. The minimum absolute atomic E-state index is 0.0931. The van der Waals surface area contributed by atoms with Gasteiger partial charge in [-0.05, 0) is 57.2 Å². The maximum atomic E-state index is 12.7. The van der Waals surface area contributed by atoms with Gasteiger partial charge in [-0.2, -0.15) is 0 Å². The number of sulfonamides is 1. The Morgan fingerprint density at radius 1 is 1.03 bits per heavy atom. The van der Waals surface area contributed by atoms with Crippen LogP contribution in [0.2, 0.25) is 0 Å². The number of nitrogens with zero attached hydrogens (tertiary/aromatic N) is 3. The molecule has 0 radical (unpaired) electrons. The number of hydrogen-bond donors (Lipinski definition) is 2. The van der Waals surface area contributed by atoms with Crippen molar-refractivity contribution < 1.29 is 17.7 Å². The lowest BCUT2D eigenvalue weighted by Crippen LogP contribution is -2.13. The zero-order valence-electron chi connectivity index (χ0n) is 18.4. The molecule has 2 aromatic carbocycles. The Morgan fingerprint density at radius 2 is 1.79 bits per heavy atom. The summed E-state index contributed by atoms with van der Waals surface area (Å²) >= 11 is 0. The number of anilines is 3. The van der Waals surface area contributed by atoms with Crippen molar-refractivity contribution in [2.24, 2.45) is 0 Å². The van der Waals surface area contributed by atoms with Crippen molar-refractivity contribution in [2.45, 2.75) is 25.7 Å². The second-order valence-corrected chi connectivity index (χ2v) is 8.88. The fourth-order valence-electron chi connectivity index (χ4n) is 3.09. The van der Waals surface area contributed by atoms with Gasteiger partial charge in [0.15, 0.2) is 0 Å². The summed E-state index contributed by atoms with van der Waals surface area (Å²) in [7, 11) is -3.82. The summed E-state index contributed by atoms with van der Waals surface area (Å²) in [6, 6.07) is 15.8. The van der Waals surface area contributed by atoms with Gasteiger partial charge in [0.2, 0.25) is 5.88 Å². The van der Waals surface area contributed by atoms with Gasteiger partial charge in [-0.3, -0.25) is 0 Å². The molecule has 170 valence electrons. The number of hydrogen-bond acceptors (Lipinski definition) is 8. The smallest absolute Gasteiger partial charge is 0.264 e. The van der Waals surface area contributed by atoms with Crippen molar-refractivity contribution in [3.63, 3.8) is 0 Å². The number of nitrogens with one attached hydrogen (secondary N) is 2. The summed E-state index contributed by atoms with van der Waals surface area (Å²) < 4.78 is 38.5. The molecule has 4 aromatic rings. The fraction of sp³-hybridized carbons (Fsp3) is 0.174. The first kappa shape index (κ1) is 22.3. The van der Waals surface area contributed by atoms with Crippen LogP contribution in [0.4, 0.5) is 17.4 Å². The van der Waals surface area contributed by atoms with Crippen LogP contribution in [0.1, 0.15) is 18.2 Å². The molecule has 33 heavy (non-hydrogen) atoms. The number of aromatic nitrogens is 3. The molecule has 2 N–H and O–H groups in total. The highest BCUT2D eigenvalue weighted by Gasteiger charge is 2.19. The fourth-order valence-corrected chi connectivity index (χ4v) is 4.14. The van der Waals surface area contributed by atoms with Crippen LogP contribution >= 0.6 is 0 Å². The van der Waals surface area contributed by atoms with Crippen LogP contribution in [-0.2, 0) is 10.0 Å². The summed E-state index contributed by atoms with van der Waals surface area (Å²) in [4.78, 5) is 8.71. The minimum atomic E-state index is -3.82. The van der Waals surface area contributed by atoms with Crippen LogP contribution in [-0.4, -0.2) is 30.1 Å². The zero-order chi connectivity index (χ0) is 23.4. The van der Waals surface area contributed by atoms with Crippen molar-refractivity contribution in [2.75, 3.05) is 16.6 Å². The third-order valence-electron chi connectivity index (χ3n) is 4.95. The Labute approximate surface area is 191 Å². The normalized spacial score (nSPS) is 11.2. The molecule has 9 nitrogen and oxygen atoms in total. The average molecular weight is 466 g/mol. The maximum absolute atomic E-state index is 12.7. The van der Waals surface area contributed by atoms with Gasteiger partial charge in [-0.15, -0.1) is 0 Å². The van der Waals surface area contributed by atoms with Crippen molar-refractivity contribution in [3.8, 4) is 17.0 Å². The lowest BCUT2D eigenvalue weighted by molar-refractivity contribution is 0.341. The lowest BCUT2D eigenvalue weighted by atomic mass is 10.1. The van der Waals surface area contributed by atoms with Crippen molar-refractivity contribution in [1.82, 2.24) is 15.1 Å². The van der Waals surface area contributed by atoms with Gasteiger partial charge in [-0.1, -0.05) is 17.3 Å². The first-order valence-corrected chi connectivity index (χ1v) is 11.7. The Morgan fingerprint density at radius 3 is 2.48 bits per heavy atom. The number of rotatable bonds is 8. The summed E-state index contributed by atoms with van der Waals surface area (Å²) in [5.41, 5.74) is 3.50. The first-order chi connectivity index (χ1) is 15.9. The first-order valence-electron chi connectivity index (χ1n) is 10.2. The minimum Gasteiger partial charge on any atom is -0.493 e. The zero-order valence-corrected chi connectivity index (χ0v) is 19.2. The largest absolute Gasteiger partial charge is 0.493 e. The van der Waals surface area contributed by atoms with E-state index in [1.165, 1.54) is 18.5 Å². The number of benzene rings is 2. The quantitative estimate of drug-likeness (QED) is 0.385. The molecule has 10 heteroatoms. The van der Waals surface area contributed by atoms with Gasteiger partial charge in [-0.25, -0.2) is 23.1 Å². The molecular formula is C23H23N5O4S. The molecule has 0 amide bonds. The molecule has 2 heterocycles. The van der Waals surface area contributed by atoms with Gasteiger partial charge in [0.1, 0.15) is 17.9 Å². The van der Waals surface area contributed by atoms with Gasteiger partial charge < -0.3 is 14.6 Å². The monoisotopic (exact) mass is 465 g/mol.